The molecular weight excluding hydrogens is 290 g/mol. The van der Waals surface area contributed by atoms with Crippen molar-refractivity contribution in [2.75, 3.05) is 6.54 Å². The smallest absolute Gasteiger partial charge is 0.240 e. The number of hydrogen-bond acceptors (Lipinski definition) is 5. The van der Waals surface area contributed by atoms with E-state index in [4.69, 9.17) is 4.52 Å². The van der Waals surface area contributed by atoms with E-state index in [1.54, 1.807) is 0 Å². The first-order valence-corrected chi connectivity index (χ1v) is 8.93. The minimum Gasteiger partial charge on any atom is -0.338 e. The second-order valence-electron chi connectivity index (χ2n) is 8.56. The van der Waals surface area contributed by atoms with E-state index in [1.807, 2.05) is 0 Å². The molecule has 1 aliphatic heterocycles. The molecule has 3 rings (SSSR count). The van der Waals surface area contributed by atoms with Crippen LogP contribution in [0.1, 0.15) is 89.2 Å². The van der Waals surface area contributed by atoms with Crippen LogP contribution in [0.5, 0.6) is 0 Å². The summed E-state index contributed by atoms with van der Waals surface area (Å²) in [7, 11) is 0. The van der Waals surface area contributed by atoms with Crippen LogP contribution in [0.15, 0.2) is 4.52 Å². The normalized spacial score (nSPS) is 28.0. The van der Waals surface area contributed by atoms with Crippen LogP contribution < -0.4 is 5.32 Å². The summed E-state index contributed by atoms with van der Waals surface area (Å²) in [4.78, 5) is 17.7. The maximum atomic E-state index is 13.2. The maximum absolute atomic E-state index is 13.2. The second-order valence-corrected chi connectivity index (χ2v) is 8.56. The fourth-order valence-corrected chi connectivity index (χ4v) is 4.22. The van der Waals surface area contributed by atoms with Crippen LogP contribution >= 0.6 is 0 Å². The van der Waals surface area contributed by atoms with E-state index in [9.17, 15) is 4.79 Å². The average Bonchev–Trinajstić information content (AvgIpc) is 3.17. The summed E-state index contributed by atoms with van der Waals surface area (Å²) in [5.74, 6) is 0.871. The summed E-state index contributed by atoms with van der Waals surface area (Å²) in [5.41, 5.74) is -0.834. The summed E-state index contributed by atoms with van der Waals surface area (Å²) in [6.07, 6.45) is 7.61. The molecule has 1 unspecified atom stereocenters. The maximum Gasteiger partial charge on any atom is 0.240 e. The number of carbonyl (C=O) groups is 1. The monoisotopic (exact) mass is 319 g/mol. The zero-order valence-electron chi connectivity index (χ0n) is 14.9. The number of aromatic nitrogens is 2. The zero-order valence-corrected chi connectivity index (χ0v) is 14.9. The summed E-state index contributed by atoms with van der Waals surface area (Å²) >= 11 is 0. The van der Waals surface area contributed by atoms with Gasteiger partial charge in [-0.1, -0.05) is 52.1 Å². The van der Waals surface area contributed by atoms with Gasteiger partial charge < -0.3 is 9.84 Å². The first kappa shape index (κ1) is 16.6. The van der Waals surface area contributed by atoms with Crippen molar-refractivity contribution < 1.29 is 9.32 Å². The molecule has 0 bridgehead atoms. The van der Waals surface area contributed by atoms with Gasteiger partial charge in [0, 0.05) is 5.41 Å². The van der Waals surface area contributed by atoms with Crippen LogP contribution in [0.4, 0.5) is 0 Å². The third-order valence-electron chi connectivity index (χ3n) is 5.93. The van der Waals surface area contributed by atoms with E-state index in [0.717, 1.165) is 32.2 Å². The van der Waals surface area contributed by atoms with Gasteiger partial charge in [0.25, 0.3) is 0 Å². The molecule has 128 valence electrons. The molecule has 1 saturated heterocycles. The van der Waals surface area contributed by atoms with Gasteiger partial charge >= 0.3 is 0 Å². The van der Waals surface area contributed by atoms with Gasteiger partial charge in [-0.15, -0.1) is 0 Å². The molecule has 1 aromatic rings. The summed E-state index contributed by atoms with van der Waals surface area (Å²) in [5, 5.41) is 7.50. The lowest BCUT2D eigenvalue weighted by atomic mass is 9.69. The van der Waals surface area contributed by atoms with Gasteiger partial charge in [-0.2, -0.15) is 4.98 Å². The Labute approximate surface area is 138 Å². The number of nitrogens with one attached hydrogen (secondary N) is 1. The predicted molar refractivity (Wildman–Crippen MR) is 88.5 cm³/mol. The fraction of sp³-hybridized carbons (Fsp3) is 0.833. The van der Waals surface area contributed by atoms with E-state index in [-0.39, 0.29) is 22.4 Å². The molecule has 1 aliphatic carbocycles. The third kappa shape index (κ3) is 2.73. The summed E-state index contributed by atoms with van der Waals surface area (Å²) in [6.45, 7) is 9.36. The van der Waals surface area contributed by atoms with Crippen molar-refractivity contribution in [1.29, 1.82) is 0 Å². The highest BCUT2D eigenvalue weighted by Gasteiger charge is 2.52. The van der Waals surface area contributed by atoms with Crippen LogP contribution in [0, 0.1) is 5.41 Å². The molecule has 2 aliphatic rings. The van der Waals surface area contributed by atoms with Gasteiger partial charge in [0.1, 0.15) is 0 Å². The molecule has 0 aromatic carbocycles. The second kappa shape index (κ2) is 5.69. The Bertz CT molecular complexity index is 573. The van der Waals surface area contributed by atoms with Crippen molar-refractivity contribution in [1.82, 2.24) is 15.5 Å². The fourth-order valence-electron chi connectivity index (χ4n) is 4.22. The molecule has 5 nitrogen and oxygen atoms in total. The van der Waals surface area contributed by atoms with Crippen LogP contribution in [0.25, 0.3) is 0 Å². The molecule has 23 heavy (non-hydrogen) atoms. The molecule has 1 atom stereocenters. The Morgan fingerprint density at radius 2 is 1.83 bits per heavy atom. The molecule has 2 fully saturated rings. The topological polar surface area (TPSA) is 68.0 Å². The lowest BCUT2D eigenvalue weighted by Crippen LogP contribution is -2.57. The standard InChI is InChI=1S/C18H29N3O2/c1-16(2,3)18(11-8-12-19-18)13(22)14-20-15(23-21-14)17(4)9-6-5-7-10-17/h19H,5-12H2,1-4H3. The Hall–Kier alpha value is -1.23. The van der Waals surface area contributed by atoms with E-state index in [1.165, 1.54) is 19.3 Å². The Morgan fingerprint density at radius 3 is 2.39 bits per heavy atom. The minimum absolute atomic E-state index is 0.0168. The third-order valence-corrected chi connectivity index (χ3v) is 5.93. The molecule has 0 amide bonds. The van der Waals surface area contributed by atoms with Gasteiger partial charge in [-0.25, -0.2) is 0 Å². The lowest BCUT2D eigenvalue weighted by molar-refractivity contribution is 0.0688. The van der Waals surface area contributed by atoms with Gasteiger partial charge in [0.15, 0.2) is 0 Å². The van der Waals surface area contributed by atoms with Gasteiger partial charge in [0.05, 0.1) is 5.54 Å². The number of carbonyl (C=O) groups excluding carboxylic acids is 1. The number of rotatable bonds is 3. The number of ketones is 1. The van der Waals surface area contributed by atoms with Gasteiger partial charge in [0.2, 0.25) is 17.5 Å². The largest absolute Gasteiger partial charge is 0.338 e. The highest BCUT2D eigenvalue weighted by molar-refractivity contribution is 6.01. The molecule has 0 spiro atoms. The van der Waals surface area contributed by atoms with Crippen molar-refractivity contribution in [3.05, 3.63) is 11.7 Å². The van der Waals surface area contributed by atoms with Crippen molar-refractivity contribution in [2.24, 2.45) is 5.41 Å². The highest BCUT2D eigenvalue weighted by atomic mass is 16.5. The molecule has 5 heteroatoms. The molecule has 2 heterocycles. The quantitative estimate of drug-likeness (QED) is 0.861. The Kier molecular flexibility index (Phi) is 4.11. The van der Waals surface area contributed by atoms with E-state index in [2.05, 4.69) is 43.2 Å². The van der Waals surface area contributed by atoms with Gasteiger partial charge in [-0.05, 0) is 37.6 Å². The van der Waals surface area contributed by atoms with Crippen molar-refractivity contribution in [2.45, 2.75) is 83.6 Å². The van der Waals surface area contributed by atoms with Crippen LogP contribution in [0.3, 0.4) is 0 Å². The van der Waals surface area contributed by atoms with Crippen LogP contribution in [0.2, 0.25) is 0 Å². The number of Topliss-reactive ketones (excluding diaryl/α,β-unsaturated/α-hetero) is 1. The Balaban J connectivity index is 1.89. The number of hydrogen-bond donors (Lipinski definition) is 1. The minimum atomic E-state index is -0.582. The van der Waals surface area contributed by atoms with Gasteiger partial charge in [-0.3, -0.25) is 4.79 Å². The highest BCUT2D eigenvalue weighted by Crippen LogP contribution is 2.41. The van der Waals surface area contributed by atoms with Crippen LogP contribution in [-0.4, -0.2) is 28.0 Å². The average molecular weight is 319 g/mol. The summed E-state index contributed by atoms with van der Waals surface area (Å²) < 4.78 is 5.54. The van der Waals surface area contributed by atoms with E-state index < -0.39 is 5.54 Å². The van der Waals surface area contributed by atoms with Crippen molar-refractivity contribution in [3.63, 3.8) is 0 Å². The molecule has 1 aromatic heterocycles. The zero-order chi connectivity index (χ0) is 16.7. The molecular formula is C18H29N3O2. The predicted octanol–water partition coefficient (Wildman–Crippen LogP) is 3.64. The van der Waals surface area contributed by atoms with E-state index >= 15 is 0 Å². The number of nitrogens with zero attached hydrogens (tertiary/aromatic N) is 2. The van der Waals surface area contributed by atoms with E-state index in [0.29, 0.717) is 5.89 Å². The lowest BCUT2D eigenvalue weighted by Gasteiger charge is -2.39. The van der Waals surface area contributed by atoms with Crippen LogP contribution in [-0.2, 0) is 5.41 Å². The SMILES string of the molecule is CC1(c2nc(C(=O)C3(C(C)(C)C)CCCN3)no2)CCCCC1. The molecule has 1 saturated carbocycles. The Morgan fingerprint density at radius 1 is 1.13 bits per heavy atom. The van der Waals surface area contributed by atoms with Crippen molar-refractivity contribution in [3.8, 4) is 0 Å². The summed E-state index contributed by atoms with van der Waals surface area (Å²) in [6, 6.07) is 0. The first-order chi connectivity index (χ1) is 10.8. The molecule has 0 radical (unpaired) electrons. The van der Waals surface area contributed by atoms with Crippen molar-refractivity contribution >= 4 is 5.78 Å². The molecule has 1 N–H and O–H groups in total. The first-order valence-electron chi connectivity index (χ1n) is 8.93.